The van der Waals surface area contributed by atoms with Crippen LogP contribution in [0.3, 0.4) is 0 Å². The van der Waals surface area contributed by atoms with Crippen molar-refractivity contribution in [1.29, 1.82) is 0 Å². The standard InChI is InChI=1S/C29H36ClFN6O2/c1-39-24-14-19-12-21(37-9-7-20(31)8-10-37)4-2-3-16(19)13-23(24)34-29-33-15-22(30)28(36-29)35-26-18-6-5-17(11-18)25(26)27(32)38/h5-6,13-15,17-18,20-21,25-26H,2-4,7-12H2,1H3,(H2,32,38)(H2,33,34,35,36)/t17-,18+,21?,25+,26-/m1/s1. The van der Waals surface area contributed by atoms with Gasteiger partial charge in [-0.05, 0) is 80.0 Å². The fourth-order valence-corrected chi connectivity index (χ4v) is 7.14. The number of benzene rings is 1. The molecule has 1 amide bonds. The van der Waals surface area contributed by atoms with Gasteiger partial charge in [0.25, 0.3) is 0 Å². The van der Waals surface area contributed by atoms with Crippen LogP contribution in [-0.2, 0) is 17.6 Å². The van der Waals surface area contributed by atoms with Gasteiger partial charge in [0.2, 0.25) is 11.9 Å². The molecule has 3 aliphatic carbocycles. The van der Waals surface area contributed by atoms with Crippen molar-refractivity contribution in [2.75, 3.05) is 30.8 Å². The molecule has 2 aromatic rings. The van der Waals surface area contributed by atoms with Gasteiger partial charge in [-0.3, -0.25) is 9.69 Å². The van der Waals surface area contributed by atoms with Crippen molar-refractivity contribution in [2.24, 2.45) is 23.5 Å². The fraction of sp³-hybridized carbons (Fsp3) is 0.552. The van der Waals surface area contributed by atoms with E-state index >= 15 is 0 Å². The largest absolute Gasteiger partial charge is 0.495 e. The molecule has 1 saturated heterocycles. The average molecular weight is 555 g/mol. The summed E-state index contributed by atoms with van der Waals surface area (Å²) >= 11 is 6.47. The van der Waals surface area contributed by atoms with Crippen LogP contribution in [0.1, 0.15) is 43.2 Å². The van der Waals surface area contributed by atoms with Crippen LogP contribution >= 0.6 is 11.6 Å². The van der Waals surface area contributed by atoms with Gasteiger partial charge < -0.3 is 21.1 Å². The van der Waals surface area contributed by atoms with Crippen LogP contribution in [0.5, 0.6) is 5.75 Å². The number of aromatic nitrogens is 2. The zero-order valence-corrected chi connectivity index (χ0v) is 23.0. The van der Waals surface area contributed by atoms with Gasteiger partial charge in [0.15, 0.2) is 5.82 Å². The maximum atomic E-state index is 13.7. The summed E-state index contributed by atoms with van der Waals surface area (Å²) in [4.78, 5) is 23.7. The second-order valence-electron chi connectivity index (χ2n) is 11.3. The molecule has 0 spiro atoms. The maximum absolute atomic E-state index is 13.7. The van der Waals surface area contributed by atoms with Crippen molar-refractivity contribution in [3.05, 3.63) is 46.6 Å². The number of carbonyl (C=O) groups is 1. The minimum atomic E-state index is -0.659. The summed E-state index contributed by atoms with van der Waals surface area (Å²) in [5.74, 6) is 1.34. The first-order valence-electron chi connectivity index (χ1n) is 14.0. The van der Waals surface area contributed by atoms with Crippen LogP contribution in [0.15, 0.2) is 30.5 Å². The summed E-state index contributed by atoms with van der Waals surface area (Å²) in [6.45, 7) is 1.67. The third-order valence-corrected chi connectivity index (χ3v) is 9.29. The van der Waals surface area contributed by atoms with Crippen molar-refractivity contribution >= 4 is 35.0 Å². The molecule has 0 radical (unpaired) electrons. The number of nitrogens with one attached hydrogen (secondary N) is 2. The van der Waals surface area contributed by atoms with E-state index in [1.54, 1.807) is 13.3 Å². The topological polar surface area (TPSA) is 105 Å². The third kappa shape index (κ3) is 5.31. The number of hydrogen-bond acceptors (Lipinski definition) is 7. The van der Waals surface area contributed by atoms with Gasteiger partial charge in [-0.15, -0.1) is 0 Å². The van der Waals surface area contributed by atoms with Gasteiger partial charge in [0.05, 0.1) is 24.9 Å². The first kappa shape index (κ1) is 26.3. The zero-order valence-electron chi connectivity index (χ0n) is 22.2. The highest BCUT2D eigenvalue weighted by molar-refractivity contribution is 6.32. The molecule has 208 valence electrons. The molecule has 39 heavy (non-hydrogen) atoms. The summed E-state index contributed by atoms with van der Waals surface area (Å²) in [5, 5.41) is 7.10. The lowest BCUT2D eigenvalue weighted by atomic mass is 9.88. The molecule has 6 rings (SSSR count). The van der Waals surface area contributed by atoms with Gasteiger partial charge in [0.1, 0.15) is 16.9 Å². The molecule has 1 unspecified atom stereocenters. The molecule has 1 saturated carbocycles. The molecular weight excluding hydrogens is 519 g/mol. The van der Waals surface area contributed by atoms with Crippen LogP contribution in [0.2, 0.25) is 5.02 Å². The number of nitrogens with two attached hydrogens (primary N) is 1. The van der Waals surface area contributed by atoms with Crippen LogP contribution in [0.4, 0.5) is 21.8 Å². The second kappa shape index (κ2) is 10.9. The average Bonchev–Trinajstić information content (AvgIpc) is 3.47. The SMILES string of the molecule is COc1cc2c(cc1Nc1ncc(Cl)c(N[C@H]3[C@@H](C(N)=O)[C@@H]4C=C[C@H]3C4)n1)CCCC(N1CCC(F)CC1)C2. The summed E-state index contributed by atoms with van der Waals surface area (Å²) in [6.07, 6.45) is 11.4. The van der Waals surface area contributed by atoms with E-state index in [9.17, 15) is 9.18 Å². The first-order chi connectivity index (χ1) is 18.9. The van der Waals surface area contributed by atoms with Crippen molar-refractivity contribution < 1.29 is 13.9 Å². The maximum Gasteiger partial charge on any atom is 0.229 e. The Labute approximate surface area is 233 Å². The van der Waals surface area contributed by atoms with Gasteiger partial charge in [0, 0.05) is 25.2 Å². The number of hydrogen-bond donors (Lipinski definition) is 3. The fourth-order valence-electron chi connectivity index (χ4n) is 7.00. The molecule has 2 heterocycles. The quantitative estimate of drug-likeness (QED) is 0.338. The number of amides is 1. The number of nitrogens with zero attached hydrogens (tertiary/aromatic N) is 3. The van der Waals surface area contributed by atoms with Crippen molar-refractivity contribution in [3.8, 4) is 5.75 Å². The van der Waals surface area contributed by atoms with E-state index < -0.39 is 6.17 Å². The number of methoxy groups -OCH3 is 1. The lowest BCUT2D eigenvalue weighted by Crippen LogP contribution is -2.42. The number of ether oxygens (including phenoxy) is 1. The van der Waals surface area contributed by atoms with E-state index in [-0.39, 0.29) is 29.7 Å². The zero-order chi connectivity index (χ0) is 27.1. The van der Waals surface area contributed by atoms with Gasteiger partial charge in [-0.1, -0.05) is 23.8 Å². The highest BCUT2D eigenvalue weighted by atomic mass is 35.5. The summed E-state index contributed by atoms with van der Waals surface area (Å²) in [5.41, 5.74) is 9.09. The monoisotopic (exact) mass is 554 g/mol. The van der Waals surface area contributed by atoms with E-state index in [1.165, 1.54) is 11.1 Å². The lowest BCUT2D eigenvalue weighted by Gasteiger charge is -2.35. The van der Waals surface area contributed by atoms with Crippen LogP contribution < -0.4 is 21.1 Å². The van der Waals surface area contributed by atoms with Crippen molar-refractivity contribution in [3.63, 3.8) is 0 Å². The molecule has 2 bridgehead atoms. The Kier molecular flexibility index (Phi) is 7.37. The number of allylic oxidation sites excluding steroid dienone is 1. The first-order valence-corrected chi connectivity index (χ1v) is 14.4. The Bertz CT molecular complexity index is 1270. The van der Waals surface area contributed by atoms with E-state index in [2.05, 4.69) is 49.8 Å². The number of rotatable bonds is 7. The number of piperidine rings is 1. The molecule has 2 fully saturated rings. The second-order valence-corrected chi connectivity index (χ2v) is 11.8. The molecular formula is C29H36ClFN6O2. The highest BCUT2D eigenvalue weighted by Gasteiger charge is 2.47. The Morgan fingerprint density at radius 2 is 1.97 bits per heavy atom. The van der Waals surface area contributed by atoms with Crippen molar-refractivity contribution in [2.45, 2.75) is 63.2 Å². The minimum absolute atomic E-state index is 0.150. The molecule has 1 aliphatic heterocycles. The van der Waals surface area contributed by atoms with Crippen LogP contribution in [0, 0.1) is 17.8 Å². The Balaban J connectivity index is 1.21. The normalized spacial score (nSPS) is 28.6. The number of fused-ring (bicyclic) bond motifs is 3. The highest BCUT2D eigenvalue weighted by Crippen LogP contribution is 2.45. The lowest BCUT2D eigenvalue weighted by molar-refractivity contribution is -0.122. The predicted octanol–water partition coefficient (Wildman–Crippen LogP) is 4.65. The van der Waals surface area contributed by atoms with E-state index in [4.69, 9.17) is 22.1 Å². The summed E-state index contributed by atoms with van der Waals surface area (Å²) < 4.78 is 19.5. The molecule has 4 aliphatic rings. The third-order valence-electron chi connectivity index (χ3n) is 9.02. The number of aryl methyl sites for hydroxylation is 1. The van der Waals surface area contributed by atoms with E-state index in [0.29, 0.717) is 35.7 Å². The van der Waals surface area contributed by atoms with Gasteiger partial charge in [-0.2, -0.15) is 4.98 Å². The molecule has 4 N–H and O–H groups in total. The minimum Gasteiger partial charge on any atom is -0.495 e. The number of alkyl halides is 1. The van der Waals surface area contributed by atoms with Crippen LogP contribution in [0.25, 0.3) is 0 Å². The molecule has 8 nitrogen and oxygen atoms in total. The Morgan fingerprint density at radius 3 is 2.74 bits per heavy atom. The smallest absolute Gasteiger partial charge is 0.229 e. The number of halogens is 2. The van der Waals surface area contributed by atoms with E-state index in [1.807, 2.05) is 0 Å². The number of likely N-dealkylation sites (tertiary alicyclic amines) is 1. The summed E-state index contributed by atoms with van der Waals surface area (Å²) in [6, 6.07) is 4.54. The number of carbonyl (C=O) groups excluding carboxylic acids is 1. The number of primary amides is 1. The Hall–Kier alpha value is -2.91. The van der Waals surface area contributed by atoms with Crippen molar-refractivity contribution in [1.82, 2.24) is 14.9 Å². The predicted molar refractivity (Wildman–Crippen MR) is 150 cm³/mol. The molecule has 1 aromatic carbocycles. The molecule has 5 atom stereocenters. The van der Waals surface area contributed by atoms with E-state index in [0.717, 1.165) is 56.6 Å². The summed E-state index contributed by atoms with van der Waals surface area (Å²) in [7, 11) is 1.66. The molecule has 10 heteroatoms. The Morgan fingerprint density at radius 1 is 1.18 bits per heavy atom. The van der Waals surface area contributed by atoms with Crippen LogP contribution in [-0.4, -0.2) is 59.2 Å². The van der Waals surface area contributed by atoms with Gasteiger partial charge in [-0.25, -0.2) is 9.37 Å². The van der Waals surface area contributed by atoms with Gasteiger partial charge >= 0.3 is 0 Å². The number of anilines is 3. The molecule has 1 aromatic heterocycles.